The molecule has 0 spiro atoms. The molecule has 14 nitrogen and oxygen atoms in total. The first-order valence-electron chi connectivity index (χ1n) is 15.6. The van der Waals surface area contributed by atoms with Crippen LogP contribution >= 0.6 is 0 Å². The Morgan fingerprint density at radius 2 is 1.71 bits per heavy atom. The fourth-order valence-corrected chi connectivity index (χ4v) is 4.90. The molecule has 3 rings (SSSR count). The Balaban J connectivity index is 0.00000103. The fourth-order valence-electron chi connectivity index (χ4n) is 4.90. The number of nitrogens with two attached hydrogens (primary N) is 1. The number of aromatic nitrogens is 3. The Bertz CT molecular complexity index is 1390. The number of likely N-dealkylation sites (N-methyl/N-ethyl adjacent to an activating group) is 1. The van der Waals surface area contributed by atoms with Gasteiger partial charge in [-0.15, -0.1) is 5.10 Å². The van der Waals surface area contributed by atoms with Crippen molar-refractivity contribution in [1.82, 2.24) is 35.8 Å². The van der Waals surface area contributed by atoms with Gasteiger partial charge in [0.1, 0.15) is 18.1 Å². The van der Waals surface area contributed by atoms with Crippen molar-refractivity contribution < 1.29 is 42.3 Å². The second-order valence-electron chi connectivity index (χ2n) is 11.9. The van der Waals surface area contributed by atoms with Gasteiger partial charge in [0.25, 0.3) is 0 Å². The molecule has 1 aromatic carbocycles. The molecule has 1 aliphatic heterocycles. The van der Waals surface area contributed by atoms with E-state index in [0.29, 0.717) is 0 Å². The van der Waals surface area contributed by atoms with Crippen molar-refractivity contribution in [2.24, 2.45) is 11.7 Å². The van der Waals surface area contributed by atoms with Crippen molar-refractivity contribution >= 4 is 29.6 Å². The van der Waals surface area contributed by atoms with Crippen molar-refractivity contribution in [3.05, 3.63) is 47.8 Å². The lowest BCUT2D eigenvalue weighted by atomic mass is 10.0. The van der Waals surface area contributed by atoms with Crippen LogP contribution in [0.25, 0.3) is 0 Å². The first-order valence-corrected chi connectivity index (χ1v) is 15.6. The summed E-state index contributed by atoms with van der Waals surface area (Å²) >= 11 is 0. The number of likely N-dealkylation sites (tertiary alicyclic amines) is 1. The van der Waals surface area contributed by atoms with E-state index in [2.05, 4.69) is 33.2 Å². The summed E-state index contributed by atoms with van der Waals surface area (Å²) in [5.74, 6) is -4.83. The highest BCUT2D eigenvalue weighted by atomic mass is 19.4. The molecule has 48 heavy (non-hydrogen) atoms. The average molecular weight is 683 g/mol. The third-order valence-corrected chi connectivity index (χ3v) is 7.82. The number of primary amides is 1. The van der Waals surface area contributed by atoms with Gasteiger partial charge in [0.2, 0.25) is 23.6 Å². The Kier molecular flexibility index (Phi) is 15.0. The monoisotopic (exact) mass is 682 g/mol. The van der Waals surface area contributed by atoms with Crippen LogP contribution in [0, 0.1) is 5.92 Å². The van der Waals surface area contributed by atoms with E-state index < -0.39 is 48.1 Å². The summed E-state index contributed by atoms with van der Waals surface area (Å²) in [5.41, 5.74) is 7.36. The largest absolute Gasteiger partial charge is 0.490 e. The zero-order chi connectivity index (χ0) is 36.2. The number of rotatable bonds is 14. The molecule has 17 heteroatoms. The Morgan fingerprint density at radius 3 is 2.23 bits per heavy atom. The molecule has 0 radical (unpaired) electrons. The number of hydrogen-bond donors (Lipinski definition) is 5. The molecule has 2 aromatic rings. The number of aliphatic carboxylic acids is 1. The van der Waals surface area contributed by atoms with Gasteiger partial charge in [0.15, 0.2) is 0 Å². The topological polar surface area (TPSA) is 202 Å². The van der Waals surface area contributed by atoms with E-state index >= 15 is 0 Å². The standard InChI is InChI=1S/C29H44N8O4.C2HF3O2/c1-6-7-13-21-16-37(35-34-21)22-15-24(28(40)32-23(26(30)38)14-20-11-9-8-10-12-20)36(17-22)29(41)25(18(2)3)33-27(39)19(4)31-5;3-2(4,5)1(6)7/h8-12,16,18-19,22-25,31H,6-7,13-15,17H2,1-5H3,(H2,30,38)(H,32,40)(H,33,39);(H,6,7)/t19-,22+,23-,24-,25-;/m0./s1. The molecular weight excluding hydrogens is 637 g/mol. The van der Waals surface area contributed by atoms with Gasteiger partial charge < -0.3 is 31.7 Å². The zero-order valence-corrected chi connectivity index (χ0v) is 27.7. The normalized spacial score (nSPS) is 17.9. The number of unbranched alkanes of at least 4 members (excludes halogenated alkanes) is 1. The Labute approximate surface area is 277 Å². The lowest BCUT2D eigenvalue weighted by Gasteiger charge is -2.31. The molecule has 0 saturated carbocycles. The molecule has 4 amide bonds. The first kappa shape index (κ1) is 39.6. The van der Waals surface area contributed by atoms with Crippen molar-refractivity contribution in [3.63, 3.8) is 0 Å². The highest BCUT2D eigenvalue weighted by Crippen LogP contribution is 2.29. The van der Waals surface area contributed by atoms with Crippen LogP contribution in [0.3, 0.4) is 0 Å². The molecule has 6 N–H and O–H groups in total. The van der Waals surface area contributed by atoms with Crippen LogP contribution < -0.4 is 21.7 Å². The lowest BCUT2D eigenvalue weighted by Crippen LogP contribution is -2.58. The minimum absolute atomic E-state index is 0.202. The predicted octanol–water partition coefficient (Wildman–Crippen LogP) is 1.36. The van der Waals surface area contributed by atoms with Crippen LogP contribution in [0.5, 0.6) is 0 Å². The molecule has 266 valence electrons. The number of alkyl halides is 3. The quantitative estimate of drug-likeness (QED) is 0.195. The second kappa shape index (κ2) is 18.1. The summed E-state index contributed by atoms with van der Waals surface area (Å²) in [6, 6.07) is 5.76. The van der Waals surface area contributed by atoms with E-state index in [1.807, 2.05) is 50.4 Å². The van der Waals surface area contributed by atoms with Crippen molar-refractivity contribution in [3.8, 4) is 0 Å². The number of hydrogen-bond acceptors (Lipinski definition) is 8. The van der Waals surface area contributed by atoms with E-state index in [9.17, 15) is 32.3 Å². The highest BCUT2D eigenvalue weighted by molar-refractivity contribution is 5.95. The van der Waals surface area contributed by atoms with Gasteiger partial charge in [0, 0.05) is 25.6 Å². The minimum Gasteiger partial charge on any atom is -0.475 e. The summed E-state index contributed by atoms with van der Waals surface area (Å²) in [6.45, 7) is 7.70. The number of amides is 4. The van der Waals surface area contributed by atoms with Gasteiger partial charge in [-0.3, -0.25) is 19.2 Å². The van der Waals surface area contributed by atoms with Crippen LogP contribution in [0.15, 0.2) is 36.5 Å². The van der Waals surface area contributed by atoms with Gasteiger partial charge in [-0.25, -0.2) is 9.48 Å². The summed E-state index contributed by atoms with van der Waals surface area (Å²) in [4.78, 5) is 63.0. The predicted molar refractivity (Wildman–Crippen MR) is 168 cm³/mol. The van der Waals surface area contributed by atoms with Crippen molar-refractivity contribution in [2.75, 3.05) is 13.6 Å². The summed E-state index contributed by atoms with van der Waals surface area (Å²) in [5, 5.41) is 24.2. The van der Waals surface area contributed by atoms with Crippen LogP contribution in [0.2, 0.25) is 0 Å². The van der Waals surface area contributed by atoms with E-state index in [4.69, 9.17) is 15.6 Å². The smallest absolute Gasteiger partial charge is 0.475 e. The van der Waals surface area contributed by atoms with Gasteiger partial charge >= 0.3 is 12.1 Å². The fraction of sp³-hybridized carbons (Fsp3) is 0.581. The SMILES string of the molecule is CCCCc1cn([C@@H]2C[C@@H](C(=O)N[C@@H](Cc3ccccc3)C(N)=O)N(C(=O)[C@@H](NC(=O)[C@H](C)NC)C(C)C)C2)nn1.O=C(O)C(F)(F)F. The Hall–Kier alpha value is -4.54. The summed E-state index contributed by atoms with van der Waals surface area (Å²) in [7, 11) is 1.67. The van der Waals surface area contributed by atoms with Crippen molar-refractivity contribution in [1.29, 1.82) is 0 Å². The summed E-state index contributed by atoms with van der Waals surface area (Å²) < 4.78 is 33.4. The first-order chi connectivity index (χ1) is 22.5. The number of aryl methyl sites for hydroxylation is 1. The molecule has 0 bridgehead atoms. The van der Waals surface area contributed by atoms with Crippen LogP contribution in [0.4, 0.5) is 13.2 Å². The molecule has 0 unspecified atom stereocenters. The van der Waals surface area contributed by atoms with Gasteiger partial charge in [-0.1, -0.05) is 62.7 Å². The number of carboxylic acid groups (broad SMARTS) is 1. The van der Waals surface area contributed by atoms with Crippen LogP contribution in [-0.4, -0.2) is 98.5 Å². The number of carbonyl (C=O) groups excluding carboxylic acids is 4. The van der Waals surface area contributed by atoms with E-state index in [1.165, 1.54) is 4.90 Å². The Morgan fingerprint density at radius 1 is 1.08 bits per heavy atom. The average Bonchev–Trinajstić information content (AvgIpc) is 3.69. The maximum absolute atomic E-state index is 14.0. The molecule has 1 saturated heterocycles. The molecule has 1 aliphatic rings. The number of nitrogens with zero attached hydrogens (tertiary/aromatic N) is 4. The van der Waals surface area contributed by atoms with Gasteiger partial charge in [-0.2, -0.15) is 13.2 Å². The number of carboxylic acids is 1. The third-order valence-electron chi connectivity index (χ3n) is 7.82. The van der Waals surface area contributed by atoms with Crippen LogP contribution in [-0.2, 0) is 36.8 Å². The molecule has 1 fully saturated rings. The zero-order valence-electron chi connectivity index (χ0n) is 27.7. The minimum atomic E-state index is -5.08. The third kappa shape index (κ3) is 11.6. The molecular formula is C31H45F3N8O6. The van der Waals surface area contributed by atoms with E-state index in [-0.39, 0.29) is 43.2 Å². The highest BCUT2D eigenvalue weighted by Gasteiger charge is 2.44. The number of benzene rings is 1. The lowest BCUT2D eigenvalue weighted by molar-refractivity contribution is -0.192. The van der Waals surface area contributed by atoms with E-state index in [0.717, 1.165) is 30.5 Å². The maximum atomic E-state index is 14.0. The molecule has 1 aromatic heterocycles. The molecule has 2 heterocycles. The number of nitrogens with one attached hydrogen (secondary N) is 3. The van der Waals surface area contributed by atoms with Gasteiger partial charge in [-0.05, 0) is 38.3 Å². The molecule has 0 aliphatic carbocycles. The van der Waals surface area contributed by atoms with E-state index in [1.54, 1.807) is 18.7 Å². The van der Waals surface area contributed by atoms with Crippen molar-refractivity contribution in [2.45, 2.75) is 96.2 Å². The maximum Gasteiger partial charge on any atom is 0.490 e. The molecule has 5 atom stereocenters. The number of halogens is 3. The summed E-state index contributed by atoms with van der Waals surface area (Å²) in [6.07, 6.45) is 0.0793. The van der Waals surface area contributed by atoms with Gasteiger partial charge in [0.05, 0.1) is 17.8 Å². The second-order valence-corrected chi connectivity index (χ2v) is 11.9. The van der Waals surface area contributed by atoms with Crippen LogP contribution in [0.1, 0.15) is 64.3 Å². The number of carbonyl (C=O) groups is 5.